The van der Waals surface area contributed by atoms with Crippen LogP contribution in [0, 0.1) is 5.92 Å². The third-order valence-corrected chi connectivity index (χ3v) is 12.3. The second kappa shape index (κ2) is 9.58. The summed E-state index contributed by atoms with van der Waals surface area (Å²) in [6.07, 6.45) is 11.5. The van der Waals surface area contributed by atoms with Crippen molar-refractivity contribution >= 4 is 22.7 Å². The number of quaternary nitrogens is 1. The van der Waals surface area contributed by atoms with Gasteiger partial charge >= 0.3 is 0 Å². The highest BCUT2D eigenvalue weighted by Crippen LogP contribution is 2.51. The van der Waals surface area contributed by atoms with Gasteiger partial charge in [0.05, 0.1) is 25.4 Å². The van der Waals surface area contributed by atoms with Gasteiger partial charge in [-0.25, -0.2) is 0 Å². The van der Waals surface area contributed by atoms with Gasteiger partial charge in [-0.15, -0.1) is 15.3 Å². The molecule has 2 nitrogen and oxygen atoms in total. The molecular weight excluding hydrogens is 529 g/mol. The number of ether oxygens (including phenoxy) is 1. The molecule has 1 aromatic carbocycles. The van der Waals surface area contributed by atoms with E-state index in [0.29, 0.717) is 12.0 Å². The van der Waals surface area contributed by atoms with E-state index >= 15 is 0 Å². The van der Waals surface area contributed by atoms with Crippen LogP contribution >= 0.6 is 15.3 Å². The van der Waals surface area contributed by atoms with Gasteiger partial charge in [0, 0.05) is 0 Å². The lowest BCUT2D eigenvalue weighted by atomic mass is 9.82. The van der Waals surface area contributed by atoms with Gasteiger partial charge < -0.3 is 33.2 Å². The summed E-state index contributed by atoms with van der Waals surface area (Å²) in [6.45, 7) is 3.89. The number of halogens is 2. The first-order valence-corrected chi connectivity index (χ1v) is 14.7. The quantitative estimate of drug-likeness (QED) is 0.237. The molecule has 0 bridgehead atoms. The summed E-state index contributed by atoms with van der Waals surface area (Å²) < 4.78 is 8.36. The Labute approximate surface area is 192 Å². The van der Waals surface area contributed by atoms with Gasteiger partial charge in [-0.05, 0) is 49.6 Å². The number of hydrogen-bond acceptors (Lipinski definition) is 1. The standard InChI is InChI=1S/C22H34BrNOSi.HI/c1-24(15-9-4-10-16-24)17-21-18-26(23)22(25-21,19-11-5-2-6-12-19)20-13-7-3-8-14-20;/h2,5-6,11-12,20-21H,3-4,7-10,13-18H2,1H3;1H/q+1;/p-1. The van der Waals surface area contributed by atoms with Crippen LogP contribution in [0.4, 0.5) is 0 Å². The van der Waals surface area contributed by atoms with Crippen molar-refractivity contribution in [3.05, 3.63) is 35.9 Å². The van der Waals surface area contributed by atoms with Crippen LogP contribution in [-0.4, -0.2) is 44.7 Å². The summed E-state index contributed by atoms with van der Waals surface area (Å²) >= 11 is 4.23. The summed E-state index contributed by atoms with van der Waals surface area (Å²) in [5.41, 5.74) is 1.45. The lowest BCUT2D eigenvalue weighted by Gasteiger charge is -2.43. The second-order valence-electron chi connectivity index (χ2n) is 9.10. The fourth-order valence-electron chi connectivity index (χ4n) is 5.74. The fraction of sp³-hybridized carbons (Fsp3) is 0.727. The molecule has 2 atom stereocenters. The van der Waals surface area contributed by atoms with E-state index in [1.54, 1.807) is 0 Å². The highest BCUT2D eigenvalue weighted by Gasteiger charge is 2.56. The second-order valence-corrected chi connectivity index (χ2v) is 13.9. The normalized spacial score (nSPS) is 32.1. The maximum absolute atomic E-state index is 7.14. The summed E-state index contributed by atoms with van der Waals surface area (Å²) in [5.74, 6) is 0.698. The maximum atomic E-state index is 7.14. The molecule has 1 aromatic rings. The fourth-order valence-corrected chi connectivity index (χ4v) is 11.2. The van der Waals surface area contributed by atoms with Crippen molar-refractivity contribution in [3.8, 4) is 0 Å². The summed E-state index contributed by atoms with van der Waals surface area (Å²) in [4.78, 5) is 0. The minimum Gasteiger partial charge on any atom is -1.00 e. The van der Waals surface area contributed by atoms with Crippen LogP contribution in [0.5, 0.6) is 0 Å². The number of rotatable bonds is 4. The van der Waals surface area contributed by atoms with E-state index in [-0.39, 0.29) is 29.2 Å². The predicted octanol–water partition coefficient (Wildman–Crippen LogP) is 2.42. The van der Waals surface area contributed by atoms with Crippen molar-refractivity contribution in [2.45, 2.75) is 68.7 Å². The van der Waals surface area contributed by atoms with Crippen molar-refractivity contribution in [2.75, 3.05) is 26.7 Å². The van der Waals surface area contributed by atoms with E-state index in [0.717, 1.165) is 0 Å². The molecule has 2 unspecified atom stereocenters. The molecule has 2 saturated heterocycles. The van der Waals surface area contributed by atoms with Crippen LogP contribution < -0.4 is 24.0 Å². The zero-order valence-electron chi connectivity index (χ0n) is 16.6. The van der Waals surface area contributed by atoms with E-state index < -0.39 is 7.42 Å². The molecule has 1 radical (unpaired) electrons. The molecule has 0 amide bonds. The highest BCUT2D eigenvalue weighted by atomic mass is 127. The molecular formula is C22H34BrINOSi. The summed E-state index contributed by atoms with van der Waals surface area (Å²) in [6, 6.07) is 12.5. The van der Waals surface area contributed by atoms with Gasteiger partial charge in [-0.2, -0.15) is 0 Å². The zero-order chi connectivity index (χ0) is 18.0. The first-order valence-electron chi connectivity index (χ1n) is 10.7. The number of hydrogen-bond donors (Lipinski definition) is 0. The maximum Gasteiger partial charge on any atom is 0.181 e. The molecule has 4 rings (SSSR count). The molecule has 1 saturated carbocycles. The Kier molecular flexibility index (Phi) is 7.90. The predicted molar refractivity (Wildman–Crippen MR) is 114 cm³/mol. The average Bonchev–Trinajstić information content (AvgIpc) is 3.00. The third kappa shape index (κ3) is 4.67. The average molecular weight is 563 g/mol. The topological polar surface area (TPSA) is 9.23 Å². The number of likely N-dealkylation sites (tertiary alicyclic amines) is 1. The van der Waals surface area contributed by atoms with Crippen LogP contribution in [0.1, 0.15) is 56.9 Å². The Balaban J connectivity index is 0.00000210. The van der Waals surface area contributed by atoms with Crippen LogP contribution in [-0.2, 0) is 9.96 Å². The molecule has 0 spiro atoms. The van der Waals surface area contributed by atoms with Crippen molar-refractivity contribution < 1.29 is 33.2 Å². The highest BCUT2D eigenvalue weighted by molar-refractivity contribution is 9.24. The van der Waals surface area contributed by atoms with E-state index in [4.69, 9.17) is 4.74 Å². The molecule has 2 aliphatic heterocycles. The van der Waals surface area contributed by atoms with Gasteiger partial charge in [-0.1, -0.05) is 49.6 Å². The van der Waals surface area contributed by atoms with Crippen LogP contribution in [0.15, 0.2) is 30.3 Å². The van der Waals surface area contributed by atoms with E-state index in [9.17, 15) is 0 Å². The summed E-state index contributed by atoms with van der Waals surface area (Å²) in [7, 11) is 1.71. The van der Waals surface area contributed by atoms with Crippen molar-refractivity contribution in [3.63, 3.8) is 0 Å². The molecule has 151 valence electrons. The van der Waals surface area contributed by atoms with Gasteiger partial charge in [0.25, 0.3) is 0 Å². The van der Waals surface area contributed by atoms with Crippen LogP contribution in [0.2, 0.25) is 6.04 Å². The number of piperidine rings is 1. The molecule has 1 aliphatic carbocycles. The lowest BCUT2D eigenvalue weighted by Crippen LogP contribution is -3.00. The largest absolute Gasteiger partial charge is 1.00 e. The molecule has 5 heteroatoms. The smallest absolute Gasteiger partial charge is 0.181 e. The number of benzene rings is 1. The van der Waals surface area contributed by atoms with Crippen LogP contribution in [0.25, 0.3) is 0 Å². The zero-order valence-corrected chi connectivity index (χ0v) is 21.4. The van der Waals surface area contributed by atoms with Crippen molar-refractivity contribution in [1.82, 2.24) is 0 Å². The molecule has 2 heterocycles. The van der Waals surface area contributed by atoms with Gasteiger partial charge in [0.2, 0.25) is 0 Å². The SMILES string of the molecule is C[N+]1(CC2C[Si](Br)C(c3ccccc3)(C3CCCCC3)O2)CCCCC1.[I-]. The van der Waals surface area contributed by atoms with E-state index in [1.165, 1.54) is 87.1 Å². The lowest BCUT2D eigenvalue weighted by molar-refractivity contribution is -0.916. The molecule has 0 aromatic heterocycles. The first kappa shape index (κ1) is 22.3. The molecule has 0 N–H and O–H groups in total. The molecule has 3 aliphatic rings. The minimum absolute atomic E-state index is 0. The van der Waals surface area contributed by atoms with Gasteiger partial charge in [0.15, 0.2) is 7.42 Å². The summed E-state index contributed by atoms with van der Waals surface area (Å²) in [5, 5.41) is -0.0219. The molecule has 3 fully saturated rings. The van der Waals surface area contributed by atoms with E-state index in [2.05, 4.69) is 52.7 Å². The Morgan fingerprint density at radius 3 is 2.33 bits per heavy atom. The van der Waals surface area contributed by atoms with Crippen molar-refractivity contribution in [2.24, 2.45) is 5.92 Å². The van der Waals surface area contributed by atoms with Gasteiger partial charge in [-0.3, -0.25) is 0 Å². The van der Waals surface area contributed by atoms with Crippen LogP contribution in [0.3, 0.4) is 0 Å². The third-order valence-electron chi connectivity index (χ3n) is 7.09. The Hall–Kier alpha value is 0.567. The van der Waals surface area contributed by atoms with Crippen molar-refractivity contribution in [1.29, 1.82) is 0 Å². The monoisotopic (exact) mass is 562 g/mol. The minimum atomic E-state index is -0.750. The number of likely N-dealkylation sites (N-methyl/N-ethyl adjacent to an activating group) is 1. The first-order chi connectivity index (χ1) is 12.6. The number of nitrogens with zero attached hydrogens (tertiary/aromatic N) is 1. The Morgan fingerprint density at radius 1 is 1.04 bits per heavy atom. The Morgan fingerprint density at radius 2 is 1.67 bits per heavy atom. The molecule has 27 heavy (non-hydrogen) atoms. The van der Waals surface area contributed by atoms with E-state index in [1.807, 2.05) is 0 Å². The Bertz CT molecular complexity index is 591. The van der Waals surface area contributed by atoms with Gasteiger partial charge in [0.1, 0.15) is 12.6 Å².